The van der Waals surface area contributed by atoms with Crippen LogP contribution in [-0.2, 0) is 13.5 Å². The molecule has 0 aliphatic rings. The molecule has 18 heavy (non-hydrogen) atoms. The van der Waals surface area contributed by atoms with Crippen LogP contribution in [0.25, 0.3) is 0 Å². The monoisotopic (exact) mass is 283 g/mol. The zero-order valence-electron chi connectivity index (χ0n) is 10.4. The molecule has 5 nitrogen and oxygen atoms in total. The van der Waals surface area contributed by atoms with Crippen LogP contribution in [0.1, 0.15) is 12.6 Å². The molecular formula is C11H14ClN5S. The van der Waals surface area contributed by atoms with E-state index in [4.69, 9.17) is 11.6 Å². The Morgan fingerprint density at radius 2 is 2.22 bits per heavy atom. The molecule has 0 saturated heterocycles. The van der Waals surface area contributed by atoms with Crippen molar-refractivity contribution in [3.8, 4) is 0 Å². The van der Waals surface area contributed by atoms with E-state index in [0.29, 0.717) is 16.1 Å². The number of aromatic nitrogens is 4. The second-order valence-corrected chi connectivity index (χ2v) is 4.86. The first-order valence-electron chi connectivity index (χ1n) is 5.50. The first-order chi connectivity index (χ1) is 8.62. The number of aryl methyl sites for hydroxylation is 2. The van der Waals surface area contributed by atoms with E-state index in [9.17, 15) is 0 Å². The number of nitrogens with zero attached hydrogens (tertiary/aromatic N) is 4. The minimum Gasteiger partial charge on any atom is -0.337 e. The first-order valence-corrected chi connectivity index (χ1v) is 7.10. The fourth-order valence-electron chi connectivity index (χ4n) is 1.59. The molecule has 96 valence electrons. The molecule has 0 aliphatic carbocycles. The van der Waals surface area contributed by atoms with Crippen LogP contribution in [0.2, 0.25) is 5.15 Å². The molecule has 0 atom stereocenters. The SMILES string of the molecule is CCc1nn(C)cc1Nc1cc(Cl)nc(SC)n1. The van der Waals surface area contributed by atoms with E-state index in [1.54, 1.807) is 10.7 Å². The van der Waals surface area contributed by atoms with Crippen LogP contribution in [0, 0.1) is 0 Å². The molecule has 0 saturated carbocycles. The van der Waals surface area contributed by atoms with E-state index in [1.807, 2.05) is 19.5 Å². The Bertz CT molecular complexity index is 554. The predicted molar refractivity (Wildman–Crippen MR) is 74.7 cm³/mol. The average molecular weight is 284 g/mol. The highest BCUT2D eigenvalue weighted by atomic mass is 35.5. The van der Waals surface area contributed by atoms with Crippen molar-refractivity contribution in [2.45, 2.75) is 18.5 Å². The molecule has 1 N–H and O–H groups in total. The molecule has 0 amide bonds. The fraction of sp³-hybridized carbons (Fsp3) is 0.364. The molecule has 0 radical (unpaired) electrons. The quantitative estimate of drug-likeness (QED) is 0.531. The summed E-state index contributed by atoms with van der Waals surface area (Å²) >= 11 is 7.40. The van der Waals surface area contributed by atoms with Gasteiger partial charge in [-0.2, -0.15) is 5.10 Å². The van der Waals surface area contributed by atoms with E-state index in [1.165, 1.54) is 11.8 Å². The van der Waals surface area contributed by atoms with Crippen LogP contribution < -0.4 is 5.32 Å². The lowest BCUT2D eigenvalue weighted by Crippen LogP contribution is -1.98. The first kappa shape index (κ1) is 13.2. The summed E-state index contributed by atoms with van der Waals surface area (Å²) in [5.41, 5.74) is 1.94. The Hall–Kier alpha value is -1.27. The highest BCUT2D eigenvalue weighted by Crippen LogP contribution is 2.22. The number of halogens is 1. The number of hydrogen-bond acceptors (Lipinski definition) is 5. The molecule has 2 aromatic heterocycles. The van der Waals surface area contributed by atoms with Crippen LogP contribution in [0.4, 0.5) is 11.5 Å². The molecule has 0 aliphatic heterocycles. The summed E-state index contributed by atoms with van der Waals surface area (Å²) in [5, 5.41) is 8.67. The summed E-state index contributed by atoms with van der Waals surface area (Å²) in [5.74, 6) is 0.682. The maximum absolute atomic E-state index is 5.95. The predicted octanol–water partition coefficient (Wildman–Crippen LogP) is 2.89. The Morgan fingerprint density at radius 1 is 1.44 bits per heavy atom. The third-order valence-electron chi connectivity index (χ3n) is 2.36. The highest BCUT2D eigenvalue weighted by molar-refractivity contribution is 7.98. The highest BCUT2D eigenvalue weighted by Gasteiger charge is 2.08. The molecule has 0 spiro atoms. The van der Waals surface area contributed by atoms with Gasteiger partial charge in [0.1, 0.15) is 11.0 Å². The number of anilines is 2. The van der Waals surface area contributed by atoms with Crippen LogP contribution in [0.3, 0.4) is 0 Å². The van der Waals surface area contributed by atoms with E-state index < -0.39 is 0 Å². The lowest BCUT2D eigenvalue weighted by molar-refractivity contribution is 0.746. The van der Waals surface area contributed by atoms with Crippen molar-refractivity contribution in [2.75, 3.05) is 11.6 Å². The third-order valence-corrected chi connectivity index (χ3v) is 3.10. The van der Waals surface area contributed by atoms with E-state index in [2.05, 4.69) is 27.3 Å². The molecule has 0 bridgehead atoms. The van der Waals surface area contributed by atoms with Crippen molar-refractivity contribution in [2.24, 2.45) is 7.05 Å². The maximum Gasteiger partial charge on any atom is 0.190 e. The number of hydrogen-bond donors (Lipinski definition) is 1. The minimum atomic E-state index is 0.429. The lowest BCUT2D eigenvalue weighted by atomic mass is 10.3. The van der Waals surface area contributed by atoms with Crippen molar-refractivity contribution in [1.29, 1.82) is 0 Å². The van der Waals surface area contributed by atoms with Gasteiger partial charge in [-0.05, 0) is 12.7 Å². The lowest BCUT2D eigenvalue weighted by Gasteiger charge is -2.06. The average Bonchev–Trinajstić information content (AvgIpc) is 2.68. The van der Waals surface area contributed by atoms with Crippen molar-refractivity contribution in [3.63, 3.8) is 0 Å². The van der Waals surface area contributed by atoms with Gasteiger partial charge >= 0.3 is 0 Å². The van der Waals surface area contributed by atoms with Crippen molar-refractivity contribution in [3.05, 3.63) is 23.1 Å². The van der Waals surface area contributed by atoms with E-state index in [-0.39, 0.29) is 0 Å². The number of nitrogens with one attached hydrogen (secondary N) is 1. The Balaban J connectivity index is 2.30. The van der Waals surface area contributed by atoms with Gasteiger partial charge in [-0.15, -0.1) is 0 Å². The van der Waals surface area contributed by atoms with Gasteiger partial charge in [0.05, 0.1) is 11.4 Å². The number of thioether (sulfide) groups is 1. The molecule has 0 unspecified atom stereocenters. The molecule has 0 fully saturated rings. The van der Waals surface area contributed by atoms with Crippen LogP contribution in [0.5, 0.6) is 0 Å². The topological polar surface area (TPSA) is 55.6 Å². The standard InChI is InChI=1S/C11H14ClN5S/c1-4-7-8(6-17(2)16-7)13-10-5-9(12)14-11(15-10)18-3/h5-6H,4H2,1-3H3,(H,13,14,15). The smallest absolute Gasteiger partial charge is 0.190 e. The molecule has 2 rings (SSSR count). The van der Waals surface area contributed by atoms with Gasteiger partial charge in [-0.1, -0.05) is 30.3 Å². The second kappa shape index (κ2) is 5.58. The molecule has 0 aromatic carbocycles. The molecule has 2 aromatic rings. The summed E-state index contributed by atoms with van der Waals surface area (Å²) in [6.07, 6.45) is 4.70. The molecule has 2 heterocycles. The Labute approximate surface area is 115 Å². The van der Waals surface area contributed by atoms with Crippen LogP contribution in [0.15, 0.2) is 17.4 Å². The molecule has 7 heteroatoms. The summed E-state index contributed by atoms with van der Waals surface area (Å²) in [6, 6.07) is 1.70. The van der Waals surface area contributed by atoms with Crippen molar-refractivity contribution >= 4 is 34.9 Å². The van der Waals surface area contributed by atoms with Crippen molar-refractivity contribution in [1.82, 2.24) is 19.7 Å². The zero-order chi connectivity index (χ0) is 13.1. The van der Waals surface area contributed by atoms with Gasteiger partial charge in [0.2, 0.25) is 0 Å². The fourth-order valence-corrected chi connectivity index (χ4v) is 2.20. The minimum absolute atomic E-state index is 0.429. The van der Waals surface area contributed by atoms with Gasteiger partial charge in [0.15, 0.2) is 5.16 Å². The van der Waals surface area contributed by atoms with E-state index in [0.717, 1.165) is 17.8 Å². The largest absolute Gasteiger partial charge is 0.337 e. The van der Waals surface area contributed by atoms with Gasteiger partial charge in [-0.25, -0.2) is 9.97 Å². The Kier molecular flexibility index (Phi) is 4.08. The van der Waals surface area contributed by atoms with Crippen LogP contribution in [-0.4, -0.2) is 26.0 Å². The summed E-state index contributed by atoms with van der Waals surface area (Å²) in [6.45, 7) is 2.06. The summed E-state index contributed by atoms with van der Waals surface area (Å²) < 4.78 is 1.78. The van der Waals surface area contributed by atoms with Crippen LogP contribution >= 0.6 is 23.4 Å². The zero-order valence-corrected chi connectivity index (χ0v) is 12.0. The second-order valence-electron chi connectivity index (χ2n) is 3.70. The normalized spacial score (nSPS) is 10.7. The summed E-state index contributed by atoms with van der Waals surface area (Å²) in [7, 11) is 1.89. The van der Waals surface area contributed by atoms with Gasteiger partial charge in [0, 0.05) is 19.3 Å². The number of rotatable bonds is 4. The van der Waals surface area contributed by atoms with E-state index >= 15 is 0 Å². The molecular weight excluding hydrogens is 270 g/mol. The maximum atomic E-state index is 5.95. The Morgan fingerprint density at radius 3 is 2.89 bits per heavy atom. The summed E-state index contributed by atoms with van der Waals surface area (Å²) in [4.78, 5) is 8.45. The van der Waals surface area contributed by atoms with Gasteiger partial charge in [-0.3, -0.25) is 4.68 Å². The third kappa shape index (κ3) is 2.94. The van der Waals surface area contributed by atoms with Gasteiger partial charge in [0.25, 0.3) is 0 Å². The van der Waals surface area contributed by atoms with Crippen molar-refractivity contribution < 1.29 is 0 Å². The van der Waals surface area contributed by atoms with Gasteiger partial charge < -0.3 is 5.32 Å².